The molecule has 0 fully saturated rings. The number of nitrogens with zero attached hydrogens (tertiary/aromatic N) is 1. The number of rotatable bonds is 6. The van der Waals surface area contributed by atoms with Gasteiger partial charge in [-0.2, -0.15) is 0 Å². The third kappa shape index (κ3) is 4.99. The van der Waals surface area contributed by atoms with Crippen LogP contribution in [0.5, 0.6) is 0 Å². The van der Waals surface area contributed by atoms with Gasteiger partial charge in [0.15, 0.2) is 5.78 Å². The second-order valence-electron chi connectivity index (χ2n) is 5.83. The Hall–Kier alpha value is -1.57. The molecule has 0 heterocycles. The quantitative estimate of drug-likeness (QED) is 0.500. The number of esters is 1. The SMILES string of the molecule is CN(Cc1c(Cl)ccc(C(=O)OC2=CC(=O)CCC2)c1Cl)C(F)C(F)F. The molecule has 1 aliphatic rings. The number of hydrogen-bond donors (Lipinski definition) is 0. The smallest absolute Gasteiger partial charge is 0.344 e. The number of hydrogen-bond acceptors (Lipinski definition) is 4. The van der Waals surface area contributed by atoms with Crippen LogP contribution in [0.15, 0.2) is 24.0 Å². The third-order valence-corrected chi connectivity index (χ3v) is 4.62. The average molecular weight is 410 g/mol. The first-order valence-electron chi connectivity index (χ1n) is 7.75. The number of carbonyl (C=O) groups is 2. The van der Waals surface area contributed by atoms with Crippen molar-refractivity contribution in [3.8, 4) is 0 Å². The molecule has 1 unspecified atom stereocenters. The number of halogens is 5. The van der Waals surface area contributed by atoms with Crippen molar-refractivity contribution in [1.82, 2.24) is 4.90 Å². The molecule has 1 atom stereocenters. The van der Waals surface area contributed by atoms with Crippen molar-refractivity contribution in [2.24, 2.45) is 0 Å². The highest BCUT2D eigenvalue weighted by molar-refractivity contribution is 6.38. The normalized spacial score (nSPS) is 16.0. The van der Waals surface area contributed by atoms with Crippen molar-refractivity contribution in [3.63, 3.8) is 0 Å². The van der Waals surface area contributed by atoms with E-state index in [1.165, 1.54) is 18.2 Å². The van der Waals surface area contributed by atoms with Gasteiger partial charge in [0.2, 0.25) is 6.30 Å². The molecular weight excluding hydrogens is 394 g/mol. The average Bonchev–Trinajstić information content (AvgIpc) is 2.57. The summed E-state index contributed by atoms with van der Waals surface area (Å²) in [5, 5.41) is -0.00882. The predicted molar refractivity (Wildman–Crippen MR) is 91.2 cm³/mol. The largest absolute Gasteiger partial charge is 0.427 e. The second kappa shape index (κ2) is 8.88. The van der Waals surface area contributed by atoms with Crippen molar-refractivity contribution in [2.45, 2.75) is 38.5 Å². The Morgan fingerprint density at radius 2 is 1.96 bits per heavy atom. The Morgan fingerprint density at radius 1 is 1.27 bits per heavy atom. The molecule has 9 heteroatoms. The van der Waals surface area contributed by atoms with Gasteiger partial charge in [0, 0.05) is 36.0 Å². The standard InChI is InChI=1S/C17H16Cl2F3NO3/c1-23(16(22)15(20)21)8-12-13(18)6-5-11(14(12)19)17(25)26-10-4-2-3-9(24)7-10/h5-7,15-16H,2-4,8H2,1H3. The summed E-state index contributed by atoms with van der Waals surface area (Å²) in [4.78, 5) is 24.4. The van der Waals surface area contributed by atoms with Gasteiger partial charge < -0.3 is 4.74 Å². The summed E-state index contributed by atoms with van der Waals surface area (Å²) in [6, 6.07) is 2.67. The zero-order valence-electron chi connectivity index (χ0n) is 13.8. The molecule has 4 nitrogen and oxygen atoms in total. The van der Waals surface area contributed by atoms with Crippen molar-refractivity contribution in [3.05, 3.63) is 45.1 Å². The van der Waals surface area contributed by atoms with Crippen LogP contribution in [0, 0.1) is 0 Å². The molecule has 2 rings (SSSR count). The highest BCUT2D eigenvalue weighted by Gasteiger charge is 2.27. The molecule has 0 saturated carbocycles. The summed E-state index contributed by atoms with van der Waals surface area (Å²) in [7, 11) is 1.15. The number of allylic oxidation sites excluding steroid dienone is 2. The molecule has 1 aliphatic carbocycles. The fraction of sp³-hybridized carbons (Fsp3) is 0.412. The van der Waals surface area contributed by atoms with E-state index in [-0.39, 0.29) is 39.3 Å². The Balaban J connectivity index is 2.22. The van der Waals surface area contributed by atoms with Crippen LogP contribution >= 0.6 is 23.2 Å². The van der Waals surface area contributed by atoms with Crippen LogP contribution in [-0.4, -0.2) is 36.4 Å². The number of ketones is 1. The summed E-state index contributed by atoms with van der Waals surface area (Å²) in [5.41, 5.74) is 0.0770. The van der Waals surface area contributed by atoms with Gasteiger partial charge in [-0.25, -0.2) is 18.0 Å². The molecule has 0 saturated heterocycles. The van der Waals surface area contributed by atoms with Crippen molar-refractivity contribution in [2.75, 3.05) is 7.05 Å². The maximum Gasteiger partial charge on any atom is 0.344 e. The molecule has 26 heavy (non-hydrogen) atoms. The molecule has 142 valence electrons. The fourth-order valence-corrected chi connectivity index (χ4v) is 3.01. The van der Waals surface area contributed by atoms with Gasteiger partial charge in [0.25, 0.3) is 6.43 Å². The van der Waals surface area contributed by atoms with E-state index in [0.717, 1.165) is 11.9 Å². The van der Waals surface area contributed by atoms with E-state index in [0.29, 0.717) is 19.3 Å². The molecule has 0 amide bonds. The minimum Gasteiger partial charge on any atom is -0.427 e. The van der Waals surface area contributed by atoms with Crippen molar-refractivity contribution >= 4 is 35.0 Å². The Labute approximate surface area is 158 Å². The van der Waals surface area contributed by atoms with Gasteiger partial charge >= 0.3 is 5.97 Å². The first-order chi connectivity index (χ1) is 12.2. The minimum atomic E-state index is -3.19. The number of ether oxygens (including phenoxy) is 1. The van der Waals surface area contributed by atoms with Crippen LogP contribution in [0.1, 0.15) is 35.2 Å². The molecule has 0 N–H and O–H groups in total. The molecule has 0 spiro atoms. The highest BCUT2D eigenvalue weighted by Crippen LogP contribution is 2.31. The lowest BCUT2D eigenvalue weighted by molar-refractivity contribution is -0.115. The minimum absolute atomic E-state index is 0.0501. The molecule has 0 radical (unpaired) electrons. The lowest BCUT2D eigenvalue weighted by atomic mass is 10.1. The topological polar surface area (TPSA) is 46.6 Å². The molecule has 0 aromatic heterocycles. The lowest BCUT2D eigenvalue weighted by Crippen LogP contribution is -2.33. The monoisotopic (exact) mass is 409 g/mol. The first-order valence-corrected chi connectivity index (χ1v) is 8.51. The van der Waals surface area contributed by atoms with E-state index in [9.17, 15) is 22.8 Å². The second-order valence-corrected chi connectivity index (χ2v) is 6.61. The molecule has 0 aliphatic heterocycles. The van der Waals surface area contributed by atoms with Crippen LogP contribution in [0.3, 0.4) is 0 Å². The van der Waals surface area contributed by atoms with Gasteiger partial charge in [-0.3, -0.25) is 9.69 Å². The van der Waals surface area contributed by atoms with Crippen LogP contribution < -0.4 is 0 Å². The van der Waals surface area contributed by atoms with E-state index >= 15 is 0 Å². The third-order valence-electron chi connectivity index (χ3n) is 3.83. The Morgan fingerprint density at radius 3 is 2.58 bits per heavy atom. The zero-order chi connectivity index (χ0) is 19.4. The molecular formula is C17H16Cl2F3NO3. The predicted octanol–water partition coefficient (Wildman–Crippen LogP) is 4.78. The summed E-state index contributed by atoms with van der Waals surface area (Å²) in [6.45, 7) is -0.328. The van der Waals surface area contributed by atoms with Gasteiger partial charge in [-0.05, 0) is 25.6 Å². The van der Waals surface area contributed by atoms with E-state index in [1.807, 2.05) is 0 Å². The van der Waals surface area contributed by atoms with Gasteiger partial charge in [-0.1, -0.05) is 23.2 Å². The maximum absolute atomic E-state index is 13.4. The van der Waals surface area contributed by atoms with Crippen molar-refractivity contribution in [1.29, 1.82) is 0 Å². The highest BCUT2D eigenvalue weighted by atomic mass is 35.5. The van der Waals surface area contributed by atoms with Gasteiger partial charge in [-0.15, -0.1) is 0 Å². The van der Waals surface area contributed by atoms with E-state index in [1.54, 1.807) is 0 Å². The first kappa shape index (κ1) is 20.7. The summed E-state index contributed by atoms with van der Waals surface area (Å²) in [6.07, 6.45) is -3.02. The van der Waals surface area contributed by atoms with Crippen LogP contribution in [0.25, 0.3) is 0 Å². The Kier molecular flexibility index (Phi) is 7.08. The number of alkyl halides is 3. The summed E-state index contributed by atoms with van der Waals surface area (Å²) < 4.78 is 43.6. The summed E-state index contributed by atoms with van der Waals surface area (Å²) in [5.74, 6) is -0.704. The molecule has 1 aromatic carbocycles. The lowest BCUT2D eigenvalue weighted by Gasteiger charge is -2.22. The number of carbonyl (C=O) groups excluding carboxylic acids is 2. The van der Waals surface area contributed by atoms with E-state index < -0.39 is 18.7 Å². The Bertz CT molecular complexity index is 740. The van der Waals surface area contributed by atoms with Crippen LogP contribution in [0.4, 0.5) is 13.2 Å². The zero-order valence-corrected chi connectivity index (χ0v) is 15.3. The van der Waals surface area contributed by atoms with E-state index in [2.05, 4.69) is 0 Å². The van der Waals surface area contributed by atoms with E-state index in [4.69, 9.17) is 27.9 Å². The maximum atomic E-state index is 13.4. The van der Waals surface area contributed by atoms with Gasteiger partial charge in [0.1, 0.15) is 5.76 Å². The molecule has 1 aromatic rings. The van der Waals surface area contributed by atoms with Crippen molar-refractivity contribution < 1.29 is 27.5 Å². The molecule has 0 bridgehead atoms. The summed E-state index contributed by atoms with van der Waals surface area (Å²) >= 11 is 12.2. The number of benzene rings is 1. The fourth-order valence-electron chi connectivity index (χ4n) is 2.44. The van der Waals surface area contributed by atoms with Crippen LogP contribution in [-0.2, 0) is 16.1 Å². The van der Waals surface area contributed by atoms with Crippen LogP contribution in [0.2, 0.25) is 10.0 Å². The van der Waals surface area contributed by atoms with Gasteiger partial charge in [0.05, 0.1) is 10.6 Å².